The maximum atomic E-state index is 5.52. The van der Waals surface area contributed by atoms with E-state index in [9.17, 15) is 0 Å². The van der Waals surface area contributed by atoms with Crippen molar-refractivity contribution in [1.29, 1.82) is 0 Å². The summed E-state index contributed by atoms with van der Waals surface area (Å²) in [5.74, 6) is 0.914. The summed E-state index contributed by atoms with van der Waals surface area (Å²) in [7, 11) is 1.98. The Morgan fingerprint density at radius 2 is 2.44 bits per heavy atom. The van der Waals surface area contributed by atoms with Crippen LogP contribution in [0.2, 0.25) is 0 Å². The van der Waals surface area contributed by atoms with Gasteiger partial charge in [0.15, 0.2) is 0 Å². The van der Waals surface area contributed by atoms with Crippen LogP contribution in [0.1, 0.15) is 12.8 Å². The van der Waals surface area contributed by atoms with Crippen molar-refractivity contribution in [3.63, 3.8) is 0 Å². The van der Waals surface area contributed by atoms with Crippen molar-refractivity contribution in [3.8, 4) is 0 Å². The number of ether oxygens (including phenoxy) is 1. The zero-order valence-corrected chi connectivity index (χ0v) is 5.76. The molecule has 2 rings (SSSR count). The van der Waals surface area contributed by atoms with E-state index in [-0.39, 0.29) is 0 Å². The fraction of sp³-hybridized carbons (Fsp3) is 1.00. The summed E-state index contributed by atoms with van der Waals surface area (Å²) in [6.07, 6.45) is 3.92. The van der Waals surface area contributed by atoms with Gasteiger partial charge in [-0.3, -0.25) is 0 Å². The monoisotopic (exact) mass is 127 g/mol. The quantitative estimate of drug-likeness (QED) is 0.579. The van der Waals surface area contributed by atoms with E-state index in [1.54, 1.807) is 0 Å². The van der Waals surface area contributed by atoms with Gasteiger partial charge in [-0.25, -0.2) is 0 Å². The molecular weight excluding hydrogens is 114 g/mol. The van der Waals surface area contributed by atoms with Crippen molar-refractivity contribution in [2.45, 2.75) is 25.0 Å². The van der Waals surface area contributed by atoms with Crippen molar-refractivity contribution in [2.24, 2.45) is 5.92 Å². The van der Waals surface area contributed by atoms with Crippen LogP contribution >= 0.6 is 0 Å². The van der Waals surface area contributed by atoms with E-state index in [1.807, 2.05) is 7.05 Å². The Labute approximate surface area is 55.6 Å². The highest BCUT2D eigenvalue weighted by Gasteiger charge is 2.47. The van der Waals surface area contributed by atoms with Crippen LogP contribution in [0.3, 0.4) is 0 Å². The van der Waals surface area contributed by atoms with Gasteiger partial charge >= 0.3 is 0 Å². The first-order valence-electron chi connectivity index (χ1n) is 3.72. The van der Waals surface area contributed by atoms with Gasteiger partial charge in [0.1, 0.15) is 0 Å². The number of nitrogens with one attached hydrogen (secondary N) is 1. The van der Waals surface area contributed by atoms with E-state index in [0.29, 0.717) is 12.2 Å². The third kappa shape index (κ3) is 0.700. The molecule has 0 spiro atoms. The minimum atomic E-state index is 0.550. The van der Waals surface area contributed by atoms with Crippen molar-refractivity contribution in [1.82, 2.24) is 5.32 Å². The molecule has 9 heavy (non-hydrogen) atoms. The van der Waals surface area contributed by atoms with Crippen LogP contribution < -0.4 is 5.32 Å². The van der Waals surface area contributed by atoms with Gasteiger partial charge < -0.3 is 10.1 Å². The van der Waals surface area contributed by atoms with Gasteiger partial charge in [-0.1, -0.05) is 0 Å². The van der Waals surface area contributed by atoms with E-state index in [2.05, 4.69) is 5.32 Å². The normalized spacial score (nSPS) is 47.0. The van der Waals surface area contributed by atoms with Crippen LogP contribution in [-0.2, 0) is 4.74 Å². The molecule has 0 bridgehead atoms. The lowest BCUT2D eigenvalue weighted by molar-refractivity contribution is -0.232. The average molecular weight is 127 g/mol. The number of rotatable bonds is 2. The molecule has 1 aliphatic heterocycles. The average Bonchev–Trinajstić information content (AvgIpc) is 1.82. The third-order valence-corrected chi connectivity index (χ3v) is 2.49. The van der Waals surface area contributed by atoms with Gasteiger partial charge in [0.2, 0.25) is 0 Å². The minimum Gasteiger partial charge on any atom is -0.373 e. The molecule has 0 radical (unpaired) electrons. The van der Waals surface area contributed by atoms with Crippen LogP contribution in [0.15, 0.2) is 0 Å². The van der Waals surface area contributed by atoms with Gasteiger partial charge in [0.05, 0.1) is 12.2 Å². The molecule has 0 aromatic rings. The fourth-order valence-corrected chi connectivity index (χ4v) is 1.73. The van der Waals surface area contributed by atoms with E-state index < -0.39 is 0 Å². The first-order valence-corrected chi connectivity index (χ1v) is 3.72. The lowest BCUT2D eigenvalue weighted by Crippen LogP contribution is -2.58. The Hall–Kier alpha value is -0.0800. The van der Waals surface area contributed by atoms with Crippen LogP contribution in [0, 0.1) is 5.92 Å². The number of likely N-dealkylation sites (N-methyl/N-ethyl adjacent to an activating group) is 1. The Balaban J connectivity index is 1.77. The summed E-state index contributed by atoms with van der Waals surface area (Å²) in [6.45, 7) is 1.04. The largest absolute Gasteiger partial charge is 0.373 e. The van der Waals surface area contributed by atoms with Crippen molar-refractivity contribution < 1.29 is 4.74 Å². The number of hydrogen-bond acceptors (Lipinski definition) is 2. The van der Waals surface area contributed by atoms with Crippen LogP contribution in [-0.4, -0.2) is 25.8 Å². The molecule has 1 heterocycles. The summed E-state index contributed by atoms with van der Waals surface area (Å²) >= 11 is 0. The Morgan fingerprint density at radius 1 is 1.56 bits per heavy atom. The second-order valence-corrected chi connectivity index (χ2v) is 3.01. The van der Waals surface area contributed by atoms with Gasteiger partial charge in [0.25, 0.3) is 0 Å². The van der Waals surface area contributed by atoms with Crippen molar-refractivity contribution >= 4 is 0 Å². The summed E-state index contributed by atoms with van der Waals surface area (Å²) < 4.78 is 5.52. The maximum absolute atomic E-state index is 5.52. The van der Waals surface area contributed by atoms with E-state index >= 15 is 0 Å². The number of fused-ring (bicyclic) bond motifs is 1. The summed E-state index contributed by atoms with van der Waals surface area (Å²) in [5.41, 5.74) is 0. The molecule has 1 N–H and O–H groups in total. The second-order valence-electron chi connectivity index (χ2n) is 3.01. The van der Waals surface area contributed by atoms with Gasteiger partial charge in [-0.15, -0.1) is 0 Å². The fourth-order valence-electron chi connectivity index (χ4n) is 1.73. The molecule has 1 saturated carbocycles. The predicted octanol–water partition coefficient (Wildman–Crippen LogP) is 0.383. The van der Waals surface area contributed by atoms with Crippen LogP contribution in [0.5, 0.6) is 0 Å². The van der Waals surface area contributed by atoms with Crippen molar-refractivity contribution in [3.05, 3.63) is 0 Å². The Bertz CT molecular complexity index is 113. The SMILES string of the molecule is CNCC1OC2CCC21. The third-order valence-electron chi connectivity index (χ3n) is 2.49. The van der Waals surface area contributed by atoms with Gasteiger partial charge in [-0.05, 0) is 19.9 Å². The first kappa shape index (κ1) is 5.69. The molecule has 2 nitrogen and oxygen atoms in total. The minimum absolute atomic E-state index is 0.550. The topological polar surface area (TPSA) is 21.3 Å². The molecule has 2 heteroatoms. The smallest absolute Gasteiger partial charge is 0.0756 e. The predicted molar refractivity (Wildman–Crippen MR) is 35.3 cm³/mol. The number of hydrogen-bond donors (Lipinski definition) is 1. The van der Waals surface area contributed by atoms with Crippen molar-refractivity contribution in [2.75, 3.05) is 13.6 Å². The molecule has 1 aliphatic carbocycles. The molecule has 3 atom stereocenters. The summed E-state index contributed by atoms with van der Waals surface area (Å²) in [4.78, 5) is 0. The van der Waals surface area contributed by atoms with E-state index in [0.717, 1.165) is 12.5 Å². The molecule has 2 fully saturated rings. The highest BCUT2D eigenvalue weighted by atomic mass is 16.5. The highest BCUT2D eigenvalue weighted by molar-refractivity contribution is 4.96. The maximum Gasteiger partial charge on any atom is 0.0756 e. The molecule has 1 saturated heterocycles. The lowest BCUT2D eigenvalue weighted by Gasteiger charge is -2.52. The zero-order valence-electron chi connectivity index (χ0n) is 5.76. The lowest BCUT2D eigenvalue weighted by atomic mass is 9.73. The Morgan fingerprint density at radius 3 is 2.78 bits per heavy atom. The first-order chi connectivity index (χ1) is 4.42. The zero-order chi connectivity index (χ0) is 6.27. The molecule has 3 unspecified atom stereocenters. The highest BCUT2D eigenvalue weighted by Crippen LogP contribution is 2.43. The van der Waals surface area contributed by atoms with Gasteiger partial charge in [-0.2, -0.15) is 0 Å². The molecule has 0 aromatic carbocycles. The molecular formula is C7H13NO. The molecule has 0 aromatic heterocycles. The molecule has 0 amide bonds. The summed E-state index contributed by atoms with van der Waals surface area (Å²) in [5, 5.41) is 3.13. The standard InChI is InChI=1S/C7H13NO/c1-8-4-7-5-2-3-6(5)9-7/h5-8H,2-4H2,1H3. The second kappa shape index (κ2) is 1.96. The van der Waals surface area contributed by atoms with Gasteiger partial charge in [0, 0.05) is 12.5 Å². The van der Waals surface area contributed by atoms with Crippen LogP contribution in [0.25, 0.3) is 0 Å². The van der Waals surface area contributed by atoms with E-state index in [1.165, 1.54) is 12.8 Å². The van der Waals surface area contributed by atoms with Crippen LogP contribution in [0.4, 0.5) is 0 Å². The van der Waals surface area contributed by atoms with E-state index in [4.69, 9.17) is 4.74 Å². The summed E-state index contributed by atoms with van der Waals surface area (Å²) in [6, 6.07) is 0. The molecule has 2 aliphatic rings. The molecule has 52 valence electrons. The Kier molecular flexibility index (Phi) is 1.24.